The quantitative estimate of drug-likeness (QED) is 0.747. The number of anilines is 1. The zero-order valence-electron chi connectivity index (χ0n) is 11.0. The molecule has 3 nitrogen and oxygen atoms in total. The van der Waals surface area contributed by atoms with Gasteiger partial charge < -0.3 is 9.64 Å². The first-order valence-corrected chi connectivity index (χ1v) is 6.64. The number of morpholine rings is 1. The van der Waals surface area contributed by atoms with Crippen LogP contribution in [0.2, 0.25) is 0 Å². The fourth-order valence-corrected chi connectivity index (χ4v) is 2.60. The Balaban J connectivity index is 0.000000514. The topological polar surface area (TPSA) is 25.4 Å². The predicted molar refractivity (Wildman–Crippen MR) is 70.4 cm³/mol. The van der Waals surface area contributed by atoms with Gasteiger partial charge in [-0.3, -0.25) is 4.98 Å². The van der Waals surface area contributed by atoms with Crippen molar-refractivity contribution in [2.45, 2.75) is 45.8 Å². The molecular weight excluding hydrogens is 212 g/mol. The number of fused-ring (bicyclic) bond motifs is 2. The molecule has 3 rings (SSSR count). The minimum Gasteiger partial charge on any atom is -0.371 e. The first-order valence-electron chi connectivity index (χ1n) is 6.64. The summed E-state index contributed by atoms with van der Waals surface area (Å²) in [5, 5.41) is 0. The third kappa shape index (κ3) is 2.60. The van der Waals surface area contributed by atoms with Crippen LogP contribution in [0.25, 0.3) is 0 Å². The van der Waals surface area contributed by atoms with E-state index in [9.17, 15) is 0 Å². The summed E-state index contributed by atoms with van der Waals surface area (Å²) < 4.78 is 5.83. The van der Waals surface area contributed by atoms with Crippen LogP contribution in [0.5, 0.6) is 0 Å². The highest BCUT2D eigenvalue weighted by Crippen LogP contribution is 2.30. The first kappa shape index (κ1) is 12.4. The van der Waals surface area contributed by atoms with Crippen LogP contribution in [-0.2, 0) is 4.74 Å². The second-order valence-electron chi connectivity index (χ2n) is 4.52. The summed E-state index contributed by atoms with van der Waals surface area (Å²) in [6, 6.07) is 2.08. The fourth-order valence-electron chi connectivity index (χ4n) is 2.60. The lowest BCUT2D eigenvalue weighted by Gasteiger charge is -2.34. The average Bonchev–Trinajstić information content (AvgIpc) is 2.71. The maximum absolute atomic E-state index is 5.83. The average molecular weight is 234 g/mol. The molecule has 2 aliphatic heterocycles. The Morgan fingerprint density at radius 1 is 1.24 bits per heavy atom. The summed E-state index contributed by atoms with van der Waals surface area (Å²) in [5.41, 5.74) is 2.59. The molecule has 2 atom stereocenters. The van der Waals surface area contributed by atoms with Gasteiger partial charge in [0.05, 0.1) is 24.1 Å². The minimum absolute atomic E-state index is 0.448. The van der Waals surface area contributed by atoms with Crippen molar-refractivity contribution in [3.05, 3.63) is 24.0 Å². The van der Waals surface area contributed by atoms with Gasteiger partial charge in [-0.25, -0.2) is 0 Å². The normalized spacial score (nSPS) is 26.4. The number of aromatic nitrogens is 1. The molecule has 1 unspecified atom stereocenters. The highest BCUT2D eigenvalue weighted by atomic mass is 16.5. The lowest BCUT2D eigenvalue weighted by molar-refractivity contribution is 0.0304. The number of rotatable bonds is 1. The van der Waals surface area contributed by atoms with Gasteiger partial charge in [0.2, 0.25) is 0 Å². The number of pyridine rings is 1. The summed E-state index contributed by atoms with van der Waals surface area (Å²) >= 11 is 0. The second-order valence-corrected chi connectivity index (χ2v) is 4.52. The lowest BCUT2D eigenvalue weighted by Crippen LogP contribution is -2.42. The standard InChI is InChI=1S/C12H16N2O.C2H6/c1-9-4-5-13-6-12(9)14-7-10-2-3-11(8-14)15-10;1-2/h4-6,10-11H,2-3,7-8H2,1H3;1-2H3/t10-,11?;/m0./s1. The summed E-state index contributed by atoms with van der Waals surface area (Å²) in [6.07, 6.45) is 7.17. The van der Waals surface area contributed by atoms with E-state index < -0.39 is 0 Å². The summed E-state index contributed by atoms with van der Waals surface area (Å²) in [4.78, 5) is 6.63. The molecule has 0 radical (unpaired) electrons. The van der Waals surface area contributed by atoms with Crippen molar-refractivity contribution in [1.29, 1.82) is 0 Å². The largest absolute Gasteiger partial charge is 0.371 e. The molecule has 0 N–H and O–H groups in total. The van der Waals surface area contributed by atoms with Crippen LogP contribution in [0, 0.1) is 6.92 Å². The molecule has 2 fully saturated rings. The SMILES string of the molecule is CC.Cc1ccncc1N1CC2CC[C@@H](C1)O2. The van der Waals surface area contributed by atoms with Gasteiger partial charge in [-0.1, -0.05) is 13.8 Å². The number of hydrogen-bond donors (Lipinski definition) is 0. The van der Waals surface area contributed by atoms with E-state index in [1.54, 1.807) is 0 Å². The molecule has 0 amide bonds. The van der Waals surface area contributed by atoms with Crippen molar-refractivity contribution in [2.75, 3.05) is 18.0 Å². The monoisotopic (exact) mass is 234 g/mol. The van der Waals surface area contributed by atoms with E-state index in [0.29, 0.717) is 12.2 Å². The summed E-state index contributed by atoms with van der Waals surface area (Å²) in [6.45, 7) is 8.21. The van der Waals surface area contributed by atoms with E-state index in [1.807, 2.05) is 26.2 Å². The Morgan fingerprint density at radius 2 is 1.88 bits per heavy atom. The molecule has 17 heavy (non-hydrogen) atoms. The first-order chi connectivity index (χ1) is 8.33. The van der Waals surface area contributed by atoms with Crippen LogP contribution in [0.4, 0.5) is 5.69 Å². The van der Waals surface area contributed by atoms with Crippen molar-refractivity contribution >= 4 is 5.69 Å². The van der Waals surface area contributed by atoms with E-state index in [0.717, 1.165) is 13.1 Å². The molecule has 3 heteroatoms. The van der Waals surface area contributed by atoms with Gasteiger partial charge in [0.25, 0.3) is 0 Å². The number of ether oxygens (including phenoxy) is 1. The third-order valence-electron chi connectivity index (χ3n) is 3.40. The number of hydrogen-bond acceptors (Lipinski definition) is 3. The Hall–Kier alpha value is -1.09. The highest BCUT2D eigenvalue weighted by Gasteiger charge is 2.34. The lowest BCUT2D eigenvalue weighted by atomic mass is 10.2. The Bertz CT molecular complexity index is 355. The van der Waals surface area contributed by atoms with E-state index >= 15 is 0 Å². The Morgan fingerprint density at radius 3 is 2.47 bits per heavy atom. The molecular formula is C14H22N2O. The van der Waals surface area contributed by atoms with E-state index in [2.05, 4.69) is 22.9 Å². The van der Waals surface area contributed by atoms with Crippen molar-refractivity contribution in [2.24, 2.45) is 0 Å². The smallest absolute Gasteiger partial charge is 0.0755 e. The Kier molecular flexibility index (Phi) is 4.00. The van der Waals surface area contributed by atoms with Crippen LogP contribution in [0.15, 0.2) is 18.5 Å². The predicted octanol–water partition coefficient (Wildman–Crippen LogP) is 2.78. The van der Waals surface area contributed by atoms with Crippen molar-refractivity contribution < 1.29 is 4.74 Å². The summed E-state index contributed by atoms with van der Waals surface area (Å²) in [7, 11) is 0. The van der Waals surface area contributed by atoms with Crippen LogP contribution in [0.3, 0.4) is 0 Å². The molecule has 1 aromatic heterocycles. The molecule has 3 heterocycles. The maximum Gasteiger partial charge on any atom is 0.0755 e. The van der Waals surface area contributed by atoms with Crippen molar-refractivity contribution in [3.63, 3.8) is 0 Å². The van der Waals surface area contributed by atoms with Gasteiger partial charge in [0.1, 0.15) is 0 Å². The molecule has 0 saturated carbocycles. The summed E-state index contributed by atoms with van der Waals surface area (Å²) in [5.74, 6) is 0. The van der Waals surface area contributed by atoms with E-state index in [1.165, 1.54) is 24.1 Å². The molecule has 0 aliphatic carbocycles. The molecule has 0 spiro atoms. The van der Waals surface area contributed by atoms with Gasteiger partial charge in [0.15, 0.2) is 0 Å². The van der Waals surface area contributed by atoms with Crippen LogP contribution in [-0.4, -0.2) is 30.3 Å². The second kappa shape index (κ2) is 5.50. The van der Waals surface area contributed by atoms with E-state index in [-0.39, 0.29) is 0 Å². The Labute approximate surface area is 104 Å². The molecule has 94 valence electrons. The maximum atomic E-state index is 5.83. The van der Waals surface area contributed by atoms with Crippen LogP contribution < -0.4 is 4.90 Å². The van der Waals surface area contributed by atoms with Crippen molar-refractivity contribution in [3.8, 4) is 0 Å². The number of nitrogens with zero attached hydrogens (tertiary/aromatic N) is 2. The van der Waals surface area contributed by atoms with Crippen molar-refractivity contribution in [1.82, 2.24) is 4.98 Å². The molecule has 1 aromatic rings. The van der Waals surface area contributed by atoms with Gasteiger partial charge in [-0.2, -0.15) is 0 Å². The van der Waals surface area contributed by atoms with Crippen LogP contribution in [0.1, 0.15) is 32.3 Å². The highest BCUT2D eigenvalue weighted by molar-refractivity contribution is 5.51. The van der Waals surface area contributed by atoms with Gasteiger partial charge >= 0.3 is 0 Å². The zero-order valence-corrected chi connectivity index (χ0v) is 11.0. The molecule has 2 bridgehead atoms. The van der Waals surface area contributed by atoms with E-state index in [4.69, 9.17) is 4.74 Å². The number of aryl methyl sites for hydroxylation is 1. The van der Waals surface area contributed by atoms with Crippen LogP contribution >= 0.6 is 0 Å². The molecule has 2 aliphatic rings. The minimum atomic E-state index is 0.448. The van der Waals surface area contributed by atoms with Gasteiger partial charge in [-0.05, 0) is 31.4 Å². The van der Waals surface area contributed by atoms with Gasteiger partial charge in [0, 0.05) is 19.3 Å². The molecule has 0 aromatic carbocycles. The zero-order chi connectivity index (χ0) is 12.3. The molecule has 2 saturated heterocycles. The van der Waals surface area contributed by atoms with Gasteiger partial charge in [-0.15, -0.1) is 0 Å². The fraction of sp³-hybridized carbons (Fsp3) is 0.643. The third-order valence-corrected chi connectivity index (χ3v) is 3.40.